The lowest BCUT2D eigenvalue weighted by Gasteiger charge is -2.33. The van der Waals surface area contributed by atoms with Crippen LogP contribution in [0, 0.1) is 0 Å². The second-order valence-corrected chi connectivity index (χ2v) is 7.37. The van der Waals surface area contributed by atoms with Crippen LogP contribution in [0.4, 0.5) is 5.69 Å². The monoisotopic (exact) mass is 415 g/mol. The molecule has 1 unspecified atom stereocenters. The highest BCUT2D eigenvalue weighted by Crippen LogP contribution is 2.22. The number of para-hydroxylation sites is 1. The van der Waals surface area contributed by atoms with Crippen LogP contribution in [-0.4, -0.2) is 49.5 Å². The third-order valence-electron chi connectivity index (χ3n) is 4.84. The first-order valence-corrected chi connectivity index (χ1v) is 10.2. The van der Waals surface area contributed by atoms with E-state index in [-0.39, 0.29) is 6.10 Å². The Kier molecular flexibility index (Phi) is 8.04. The Morgan fingerprint density at radius 3 is 2.59 bits per heavy atom. The number of nitrogens with zero attached hydrogens (tertiary/aromatic N) is 1. The zero-order valence-corrected chi connectivity index (χ0v) is 17.0. The predicted molar refractivity (Wildman–Crippen MR) is 114 cm³/mol. The molecule has 2 aromatic carbocycles. The third-order valence-corrected chi connectivity index (χ3v) is 5.17. The molecule has 1 heterocycles. The number of nitrogens with one attached hydrogen (secondary N) is 2. The minimum Gasteiger partial charge on any atom is -0.371 e. The van der Waals surface area contributed by atoms with Gasteiger partial charge in [0, 0.05) is 19.6 Å². The van der Waals surface area contributed by atoms with Gasteiger partial charge in [-0.1, -0.05) is 54.1 Å². The number of ether oxygens (including phenoxy) is 1. The minimum absolute atomic E-state index is 0.109. The van der Waals surface area contributed by atoms with Crippen LogP contribution in [0.25, 0.3) is 0 Å². The molecule has 154 valence electrons. The molecule has 3 rings (SSSR count). The van der Waals surface area contributed by atoms with Crippen molar-refractivity contribution in [3.05, 3.63) is 65.2 Å². The number of anilines is 1. The molecule has 1 fully saturated rings. The lowest BCUT2D eigenvalue weighted by molar-refractivity contribution is -0.136. The van der Waals surface area contributed by atoms with E-state index < -0.39 is 11.8 Å². The molecule has 2 N–H and O–H groups in total. The van der Waals surface area contributed by atoms with Crippen LogP contribution in [0.2, 0.25) is 5.02 Å². The number of unbranched alkanes of at least 4 members (excludes halogenated alkanes) is 1. The molecule has 0 radical (unpaired) electrons. The van der Waals surface area contributed by atoms with E-state index in [0.29, 0.717) is 17.3 Å². The Balaban J connectivity index is 1.32. The Morgan fingerprint density at radius 2 is 1.79 bits per heavy atom. The summed E-state index contributed by atoms with van der Waals surface area (Å²) in [6, 6.07) is 17.1. The van der Waals surface area contributed by atoms with E-state index in [4.69, 9.17) is 16.3 Å². The first kappa shape index (κ1) is 21.3. The number of hydrogen-bond acceptors (Lipinski definition) is 4. The van der Waals surface area contributed by atoms with Crippen molar-refractivity contribution in [2.24, 2.45) is 0 Å². The Bertz CT molecular complexity index is 816. The summed E-state index contributed by atoms with van der Waals surface area (Å²) < 4.78 is 5.88. The van der Waals surface area contributed by atoms with Crippen LogP contribution in [-0.2, 0) is 14.3 Å². The number of morpholine rings is 1. The average Bonchev–Trinajstić information content (AvgIpc) is 2.76. The van der Waals surface area contributed by atoms with E-state index in [1.807, 2.05) is 18.2 Å². The molecule has 0 bridgehead atoms. The standard InChI is InChI=1S/C22H26ClN3O3/c23-18-10-4-5-11-19(18)25-22(28)21(27)24-12-6-7-13-26-14-15-29-20(16-26)17-8-2-1-3-9-17/h1-5,8-11,20H,6-7,12-16H2,(H,24,27)(H,25,28). The summed E-state index contributed by atoms with van der Waals surface area (Å²) >= 11 is 5.98. The van der Waals surface area contributed by atoms with Crippen LogP contribution >= 0.6 is 11.6 Å². The van der Waals surface area contributed by atoms with Gasteiger partial charge in [0.05, 0.1) is 23.4 Å². The lowest BCUT2D eigenvalue weighted by Crippen LogP contribution is -2.39. The molecule has 6 nitrogen and oxygen atoms in total. The summed E-state index contributed by atoms with van der Waals surface area (Å²) in [5.41, 5.74) is 1.63. The van der Waals surface area contributed by atoms with Gasteiger partial charge in [0.25, 0.3) is 0 Å². The van der Waals surface area contributed by atoms with Crippen molar-refractivity contribution in [1.29, 1.82) is 0 Å². The molecule has 0 aliphatic carbocycles. The number of amides is 2. The van der Waals surface area contributed by atoms with Gasteiger partial charge in [-0.25, -0.2) is 0 Å². The fourth-order valence-electron chi connectivity index (χ4n) is 3.26. The summed E-state index contributed by atoms with van der Waals surface area (Å²) in [6.45, 7) is 3.90. The van der Waals surface area contributed by atoms with E-state index in [2.05, 4.69) is 27.7 Å². The molecule has 29 heavy (non-hydrogen) atoms. The number of carbonyl (C=O) groups excluding carboxylic acids is 2. The molecular formula is C22H26ClN3O3. The summed E-state index contributed by atoms with van der Waals surface area (Å²) in [4.78, 5) is 26.3. The molecule has 2 aromatic rings. The quantitative estimate of drug-likeness (QED) is 0.538. The molecule has 0 aromatic heterocycles. The van der Waals surface area contributed by atoms with Gasteiger partial charge in [0.15, 0.2) is 0 Å². The van der Waals surface area contributed by atoms with Crippen molar-refractivity contribution < 1.29 is 14.3 Å². The molecule has 0 spiro atoms. The second kappa shape index (κ2) is 11.0. The maximum absolute atomic E-state index is 11.9. The van der Waals surface area contributed by atoms with E-state index in [1.165, 1.54) is 5.56 Å². The molecular weight excluding hydrogens is 390 g/mol. The van der Waals surface area contributed by atoms with Crippen molar-refractivity contribution >= 4 is 29.1 Å². The van der Waals surface area contributed by atoms with Crippen molar-refractivity contribution in [2.45, 2.75) is 18.9 Å². The van der Waals surface area contributed by atoms with E-state index in [0.717, 1.165) is 39.1 Å². The molecule has 1 saturated heterocycles. The Hall–Kier alpha value is -2.41. The Morgan fingerprint density at radius 1 is 1.03 bits per heavy atom. The van der Waals surface area contributed by atoms with Crippen molar-refractivity contribution in [1.82, 2.24) is 10.2 Å². The maximum atomic E-state index is 11.9. The number of benzene rings is 2. The van der Waals surface area contributed by atoms with Crippen LogP contribution in [0.3, 0.4) is 0 Å². The van der Waals surface area contributed by atoms with Gasteiger partial charge in [0.1, 0.15) is 0 Å². The maximum Gasteiger partial charge on any atom is 0.313 e. The average molecular weight is 416 g/mol. The second-order valence-electron chi connectivity index (χ2n) is 6.97. The first-order chi connectivity index (χ1) is 14.1. The van der Waals surface area contributed by atoms with Gasteiger partial charge in [0.2, 0.25) is 0 Å². The number of rotatable bonds is 7. The smallest absolute Gasteiger partial charge is 0.313 e. The largest absolute Gasteiger partial charge is 0.371 e. The van der Waals surface area contributed by atoms with Crippen LogP contribution in [0.5, 0.6) is 0 Å². The summed E-state index contributed by atoms with van der Waals surface area (Å²) in [5.74, 6) is -1.36. The highest BCUT2D eigenvalue weighted by molar-refractivity contribution is 6.41. The van der Waals surface area contributed by atoms with Crippen molar-refractivity contribution in [2.75, 3.05) is 38.1 Å². The molecule has 1 atom stereocenters. The van der Waals surface area contributed by atoms with Crippen molar-refractivity contribution in [3.63, 3.8) is 0 Å². The SMILES string of the molecule is O=C(NCCCCN1CCOC(c2ccccc2)C1)C(=O)Nc1ccccc1Cl. The van der Waals surface area contributed by atoms with Gasteiger partial charge < -0.3 is 15.4 Å². The summed E-state index contributed by atoms with van der Waals surface area (Å²) in [5, 5.41) is 5.57. The van der Waals surface area contributed by atoms with Crippen molar-refractivity contribution in [3.8, 4) is 0 Å². The zero-order valence-electron chi connectivity index (χ0n) is 16.3. The molecule has 7 heteroatoms. The molecule has 0 saturated carbocycles. The van der Waals surface area contributed by atoms with Gasteiger partial charge in [-0.05, 0) is 37.1 Å². The van der Waals surface area contributed by atoms with Gasteiger partial charge >= 0.3 is 11.8 Å². The van der Waals surface area contributed by atoms with Crippen LogP contribution in [0.15, 0.2) is 54.6 Å². The Labute approximate surface area is 176 Å². The van der Waals surface area contributed by atoms with E-state index in [1.54, 1.807) is 24.3 Å². The predicted octanol–water partition coefficient (Wildman–Crippen LogP) is 3.25. The topological polar surface area (TPSA) is 70.7 Å². The summed E-state index contributed by atoms with van der Waals surface area (Å²) in [7, 11) is 0. The van der Waals surface area contributed by atoms with Gasteiger partial charge in [-0.2, -0.15) is 0 Å². The first-order valence-electron chi connectivity index (χ1n) is 9.86. The highest BCUT2D eigenvalue weighted by Gasteiger charge is 2.21. The van der Waals surface area contributed by atoms with E-state index in [9.17, 15) is 9.59 Å². The lowest BCUT2D eigenvalue weighted by atomic mass is 10.1. The van der Waals surface area contributed by atoms with Gasteiger partial charge in [-0.3, -0.25) is 14.5 Å². The van der Waals surface area contributed by atoms with Gasteiger partial charge in [-0.15, -0.1) is 0 Å². The summed E-state index contributed by atoms with van der Waals surface area (Å²) in [6.07, 6.45) is 1.85. The molecule has 1 aliphatic rings. The molecule has 1 aliphatic heterocycles. The fraction of sp³-hybridized carbons (Fsp3) is 0.364. The molecule has 2 amide bonds. The number of carbonyl (C=O) groups is 2. The fourth-order valence-corrected chi connectivity index (χ4v) is 3.44. The zero-order chi connectivity index (χ0) is 20.5. The normalized spacial score (nSPS) is 16.9. The minimum atomic E-state index is -0.711. The van der Waals surface area contributed by atoms with Crippen LogP contribution < -0.4 is 10.6 Å². The number of halogens is 1. The van der Waals surface area contributed by atoms with E-state index >= 15 is 0 Å². The highest BCUT2D eigenvalue weighted by atomic mass is 35.5. The number of hydrogen-bond donors (Lipinski definition) is 2. The third kappa shape index (κ3) is 6.56. The van der Waals surface area contributed by atoms with Crippen LogP contribution in [0.1, 0.15) is 24.5 Å².